The molecule has 2 rings (SSSR count). The van der Waals surface area contributed by atoms with Crippen LogP contribution in [0.4, 0.5) is 13.2 Å². The van der Waals surface area contributed by atoms with Crippen LogP contribution in [0.25, 0.3) is 0 Å². The van der Waals surface area contributed by atoms with Crippen LogP contribution >= 0.6 is 0 Å². The molecule has 0 spiro atoms. The Labute approximate surface area is 143 Å². The number of nitrogens with two attached hydrogens (primary N) is 1. The molecule has 0 saturated carbocycles. The number of pyridine rings is 1. The van der Waals surface area contributed by atoms with Gasteiger partial charge in [-0.05, 0) is 56.0 Å². The van der Waals surface area contributed by atoms with Crippen molar-refractivity contribution in [1.82, 2.24) is 15.6 Å². The molecular weight excluding hydrogens is 337 g/mol. The molecule has 1 aliphatic heterocycles. The van der Waals surface area contributed by atoms with Gasteiger partial charge in [-0.3, -0.25) is 14.6 Å². The van der Waals surface area contributed by atoms with Crippen LogP contribution in [0.15, 0.2) is 24.5 Å². The van der Waals surface area contributed by atoms with Crippen LogP contribution in [0.2, 0.25) is 0 Å². The zero-order valence-corrected chi connectivity index (χ0v) is 13.6. The molecule has 2 heterocycles. The predicted octanol–water partition coefficient (Wildman–Crippen LogP) is 0.916. The number of amides is 2. The standard InChI is InChI=1S/C16H21F3N4O2/c17-16(18,19)14(25)23-15(3-7-22-8-4-15)12(10-13(20)24)9-11-1-5-21-6-2-11/h1-2,5-6,12,22H,3-4,7-10H2,(H2,20,24)(H,23,25). The molecule has 0 aliphatic carbocycles. The molecule has 2 amide bonds. The highest BCUT2D eigenvalue weighted by Crippen LogP contribution is 2.34. The lowest BCUT2D eigenvalue weighted by atomic mass is 9.72. The molecule has 0 aromatic carbocycles. The fraction of sp³-hybridized carbons (Fsp3) is 0.562. The Bertz CT molecular complexity index is 601. The number of halogens is 3. The lowest BCUT2D eigenvalue weighted by molar-refractivity contribution is -0.177. The van der Waals surface area contributed by atoms with Gasteiger partial charge in [0.1, 0.15) is 0 Å². The van der Waals surface area contributed by atoms with E-state index in [0.29, 0.717) is 19.5 Å². The summed E-state index contributed by atoms with van der Waals surface area (Å²) in [6.45, 7) is 0.896. The second kappa shape index (κ2) is 7.81. The summed E-state index contributed by atoms with van der Waals surface area (Å²) in [6, 6.07) is 3.46. The molecule has 138 valence electrons. The summed E-state index contributed by atoms with van der Waals surface area (Å²) in [7, 11) is 0. The van der Waals surface area contributed by atoms with Gasteiger partial charge in [-0.15, -0.1) is 0 Å². The van der Waals surface area contributed by atoms with Crippen LogP contribution in [-0.2, 0) is 16.0 Å². The fourth-order valence-corrected chi connectivity index (χ4v) is 3.31. The maximum absolute atomic E-state index is 12.8. The Kier molecular flexibility index (Phi) is 5.99. The number of nitrogens with one attached hydrogen (secondary N) is 2. The largest absolute Gasteiger partial charge is 0.471 e. The van der Waals surface area contributed by atoms with E-state index in [2.05, 4.69) is 15.6 Å². The van der Waals surface area contributed by atoms with Gasteiger partial charge in [0.25, 0.3) is 0 Å². The second-order valence-electron chi connectivity index (χ2n) is 6.28. The average Bonchev–Trinajstić information content (AvgIpc) is 2.55. The third-order valence-corrected chi connectivity index (χ3v) is 4.58. The van der Waals surface area contributed by atoms with Gasteiger partial charge in [-0.2, -0.15) is 13.2 Å². The number of hydrogen-bond donors (Lipinski definition) is 3. The second-order valence-corrected chi connectivity index (χ2v) is 6.28. The van der Waals surface area contributed by atoms with Gasteiger partial charge in [0.15, 0.2) is 0 Å². The van der Waals surface area contributed by atoms with Crippen LogP contribution in [-0.4, -0.2) is 41.6 Å². The van der Waals surface area contributed by atoms with Crippen molar-refractivity contribution in [1.29, 1.82) is 0 Å². The normalized spacial score (nSPS) is 18.4. The van der Waals surface area contributed by atoms with E-state index < -0.39 is 29.4 Å². The molecule has 1 saturated heterocycles. The predicted molar refractivity (Wildman–Crippen MR) is 84.3 cm³/mol. The maximum atomic E-state index is 12.8. The van der Waals surface area contributed by atoms with Crippen LogP contribution in [0.5, 0.6) is 0 Å². The molecule has 25 heavy (non-hydrogen) atoms. The Morgan fingerprint density at radius 1 is 1.28 bits per heavy atom. The number of carbonyl (C=O) groups excluding carboxylic acids is 2. The zero-order valence-electron chi connectivity index (χ0n) is 13.6. The summed E-state index contributed by atoms with van der Waals surface area (Å²) in [5.41, 5.74) is 5.00. The first-order valence-corrected chi connectivity index (χ1v) is 8.00. The van der Waals surface area contributed by atoms with Gasteiger partial charge >= 0.3 is 12.1 Å². The van der Waals surface area contributed by atoms with Gasteiger partial charge in [-0.25, -0.2) is 0 Å². The third kappa shape index (κ3) is 5.15. The van der Waals surface area contributed by atoms with Crippen LogP contribution in [0.1, 0.15) is 24.8 Å². The molecule has 4 N–H and O–H groups in total. The topological polar surface area (TPSA) is 97.1 Å². The van der Waals surface area contributed by atoms with Gasteiger partial charge in [0.05, 0.1) is 0 Å². The zero-order chi connectivity index (χ0) is 18.5. The monoisotopic (exact) mass is 358 g/mol. The van der Waals surface area contributed by atoms with Crippen molar-refractivity contribution in [2.45, 2.75) is 37.4 Å². The lowest BCUT2D eigenvalue weighted by Crippen LogP contribution is -2.62. The van der Waals surface area contributed by atoms with E-state index in [4.69, 9.17) is 5.73 Å². The molecule has 1 atom stereocenters. The number of primary amides is 1. The summed E-state index contributed by atoms with van der Waals surface area (Å²) >= 11 is 0. The van der Waals surface area contributed by atoms with Gasteiger partial charge in [0.2, 0.25) is 5.91 Å². The summed E-state index contributed by atoms with van der Waals surface area (Å²) in [6.07, 6.45) is -1.05. The number of piperidine rings is 1. The Balaban J connectivity index is 2.31. The highest BCUT2D eigenvalue weighted by molar-refractivity contribution is 5.82. The van der Waals surface area contributed by atoms with Crippen molar-refractivity contribution in [3.8, 4) is 0 Å². The molecule has 0 bridgehead atoms. The Hall–Kier alpha value is -2.16. The first-order valence-electron chi connectivity index (χ1n) is 8.00. The maximum Gasteiger partial charge on any atom is 0.471 e. The van der Waals surface area contributed by atoms with Crippen LogP contribution in [0, 0.1) is 5.92 Å². The van der Waals surface area contributed by atoms with Crippen molar-refractivity contribution in [2.75, 3.05) is 13.1 Å². The van der Waals surface area contributed by atoms with E-state index in [0.717, 1.165) is 5.56 Å². The molecule has 1 fully saturated rings. The molecule has 1 aromatic heterocycles. The number of hydrogen-bond acceptors (Lipinski definition) is 4. The highest BCUT2D eigenvalue weighted by Gasteiger charge is 2.47. The van der Waals surface area contributed by atoms with Gasteiger partial charge in [-0.1, -0.05) is 0 Å². The number of carbonyl (C=O) groups is 2. The minimum absolute atomic E-state index is 0.111. The number of alkyl halides is 3. The fourth-order valence-electron chi connectivity index (χ4n) is 3.31. The first kappa shape index (κ1) is 19.2. The van der Waals surface area contributed by atoms with Gasteiger partial charge < -0.3 is 16.4 Å². The number of aromatic nitrogens is 1. The van der Waals surface area contributed by atoms with Crippen molar-refractivity contribution >= 4 is 11.8 Å². The highest BCUT2D eigenvalue weighted by atomic mass is 19.4. The van der Waals surface area contributed by atoms with E-state index in [9.17, 15) is 22.8 Å². The Morgan fingerprint density at radius 2 is 1.88 bits per heavy atom. The van der Waals surface area contributed by atoms with Crippen LogP contribution in [0.3, 0.4) is 0 Å². The minimum atomic E-state index is -4.98. The van der Waals surface area contributed by atoms with Crippen molar-refractivity contribution in [3.63, 3.8) is 0 Å². The number of rotatable bonds is 6. The minimum Gasteiger partial charge on any atom is -0.370 e. The average molecular weight is 358 g/mol. The molecule has 9 heteroatoms. The van der Waals surface area contributed by atoms with Crippen molar-refractivity contribution in [3.05, 3.63) is 30.1 Å². The van der Waals surface area contributed by atoms with E-state index in [-0.39, 0.29) is 19.3 Å². The molecule has 1 aliphatic rings. The summed E-state index contributed by atoms with van der Waals surface area (Å²) in [5.74, 6) is -3.14. The number of nitrogens with zero attached hydrogens (tertiary/aromatic N) is 1. The van der Waals surface area contributed by atoms with E-state index >= 15 is 0 Å². The first-order chi connectivity index (χ1) is 11.7. The quantitative estimate of drug-likeness (QED) is 0.704. The van der Waals surface area contributed by atoms with E-state index in [1.165, 1.54) is 0 Å². The summed E-state index contributed by atoms with van der Waals surface area (Å²) in [5, 5.41) is 5.24. The SMILES string of the molecule is NC(=O)CC(Cc1ccncc1)C1(NC(=O)C(F)(F)F)CCNCC1. The van der Waals surface area contributed by atoms with E-state index in [1.54, 1.807) is 24.5 Å². The Morgan fingerprint density at radius 3 is 2.40 bits per heavy atom. The van der Waals surface area contributed by atoms with E-state index in [1.807, 2.05) is 0 Å². The van der Waals surface area contributed by atoms with Gasteiger partial charge in [0, 0.05) is 24.4 Å². The summed E-state index contributed by atoms with van der Waals surface area (Å²) in [4.78, 5) is 27.0. The molecule has 1 unspecified atom stereocenters. The van der Waals surface area contributed by atoms with Crippen molar-refractivity contribution < 1.29 is 22.8 Å². The molecular formula is C16H21F3N4O2. The van der Waals surface area contributed by atoms with Crippen molar-refractivity contribution in [2.24, 2.45) is 11.7 Å². The smallest absolute Gasteiger partial charge is 0.370 e. The third-order valence-electron chi connectivity index (χ3n) is 4.58. The van der Waals surface area contributed by atoms with Crippen LogP contribution < -0.4 is 16.4 Å². The summed E-state index contributed by atoms with van der Waals surface area (Å²) < 4.78 is 38.4. The molecule has 6 nitrogen and oxygen atoms in total. The lowest BCUT2D eigenvalue weighted by Gasteiger charge is -2.44. The molecule has 1 aromatic rings. The molecule has 0 radical (unpaired) electrons.